The van der Waals surface area contributed by atoms with Crippen LogP contribution in [0.2, 0.25) is 0 Å². The van der Waals surface area contributed by atoms with Gasteiger partial charge >= 0.3 is 5.97 Å². The summed E-state index contributed by atoms with van der Waals surface area (Å²) in [5, 5.41) is 28.8. The summed E-state index contributed by atoms with van der Waals surface area (Å²) in [6, 6.07) is 5.49. The van der Waals surface area contributed by atoms with E-state index in [4.69, 9.17) is 5.11 Å². The normalized spacial score (nSPS) is 13.5. The third-order valence-electron chi connectivity index (χ3n) is 4.82. The molecule has 1 heterocycles. The van der Waals surface area contributed by atoms with E-state index in [0.29, 0.717) is 22.5 Å². The summed E-state index contributed by atoms with van der Waals surface area (Å²) in [6.07, 6.45) is 0.860. The van der Waals surface area contributed by atoms with Crippen LogP contribution < -0.4 is 4.31 Å². The fourth-order valence-electron chi connectivity index (χ4n) is 3.05. The van der Waals surface area contributed by atoms with Crippen LogP contribution in [0.1, 0.15) is 51.3 Å². The number of nitrogens with zero attached hydrogens (tertiary/aromatic N) is 3. The molecule has 0 aliphatic rings. The van der Waals surface area contributed by atoms with Crippen molar-refractivity contribution in [1.82, 2.24) is 9.97 Å². The van der Waals surface area contributed by atoms with Gasteiger partial charge in [0.25, 0.3) is 0 Å². The predicted octanol–water partition coefficient (Wildman–Crippen LogP) is 3.04. The number of benzene rings is 1. The molecule has 0 spiro atoms. The highest BCUT2D eigenvalue weighted by Crippen LogP contribution is 2.31. The molecule has 0 amide bonds. The van der Waals surface area contributed by atoms with Gasteiger partial charge < -0.3 is 15.3 Å². The fourth-order valence-corrected chi connectivity index (χ4v) is 3.42. The summed E-state index contributed by atoms with van der Waals surface area (Å²) >= 11 is 0. The number of halogens is 1. The number of sulfonamides is 1. The first-order valence-corrected chi connectivity index (χ1v) is 12.0. The molecule has 1 aromatic heterocycles. The highest BCUT2D eigenvalue weighted by molar-refractivity contribution is 7.92. The zero-order valence-corrected chi connectivity index (χ0v) is 19.6. The molecule has 0 unspecified atom stereocenters. The summed E-state index contributed by atoms with van der Waals surface area (Å²) in [6.45, 7) is 3.71. The number of rotatable bonds is 10. The Kier molecular flexibility index (Phi) is 10.3. The van der Waals surface area contributed by atoms with Crippen LogP contribution in [0.25, 0.3) is 17.3 Å². The number of hydrogen-bond donors (Lipinski definition) is 3. The number of carboxylic acids is 1. The highest BCUT2D eigenvalue weighted by atomic mass is 32.2. The Morgan fingerprint density at radius 2 is 1.76 bits per heavy atom. The van der Waals surface area contributed by atoms with Gasteiger partial charge in [0, 0.05) is 24.6 Å². The first kappa shape index (κ1) is 29.1. The summed E-state index contributed by atoms with van der Waals surface area (Å²) in [7, 11) is -2.33. The lowest BCUT2D eigenvalue weighted by molar-refractivity contribution is -0.139. The third kappa shape index (κ3) is 7.86. The van der Waals surface area contributed by atoms with Gasteiger partial charge in [0.1, 0.15) is 5.82 Å². The van der Waals surface area contributed by atoms with Gasteiger partial charge in [-0.15, -0.1) is 0 Å². The van der Waals surface area contributed by atoms with E-state index in [0.717, 1.165) is 10.6 Å². The summed E-state index contributed by atoms with van der Waals surface area (Å²) < 4.78 is 38.6. The zero-order valence-electron chi connectivity index (χ0n) is 18.8. The minimum atomic E-state index is -3.65. The molecule has 0 aliphatic carbocycles. The van der Waals surface area contributed by atoms with Gasteiger partial charge in [-0.1, -0.05) is 33.4 Å². The molecule has 34 heavy (non-hydrogen) atoms. The number of carbonyl (C=O) groups is 1. The lowest BCUT2D eigenvalue weighted by Crippen LogP contribution is -2.27. The summed E-state index contributed by atoms with van der Waals surface area (Å²) in [5.74, 6) is -1.87. The quantitative estimate of drug-likeness (QED) is 0.455. The van der Waals surface area contributed by atoms with Crippen molar-refractivity contribution >= 4 is 28.0 Å². The number of aromatic nitrogens is 2. The summed E-state index contributed by atoms with van der Waals surface area (Å²) in [4.78, 5) is 19.6. The number of hydrogen-bond acceptors (Lipinski definition) is 7. The Hall–Kier alpha value is -2.89. The molecule has 3 N–H and O–H groups in total. The van der Waals surface area contributed by atoms with Crippen LogP contribution in [0.4, 0.5) is 10.3 Å². The van der Waals surface area contributed by atoms with Crippen LogP contribution in [-0.4, -0.2) is 65.2 Å². The molecule has 0 bridgehead atoms. The van der Waals surface area contributed by atoms with Crippen LogP contribution >= 0.6 is 0 Å². The van der Waals surface area contributed by atoms with E-state index in [9.17, 15) is 27.8 Å². The van der Waals surface area contributed by atoms with Crippen molar-refractivity contribution in [2.75, 3.05) is 17.6 Å². The van der Waals surface area contributed by atoms with E-state index < -0.39 is 40.4 Å². The molecule has 2 rings (SSSR count). The number of carboxylic acid groups (broad SMARTS) is 1. The molecule has 0 saturated heterocycles. The van der Waals surface area contributed by atoms with Crippen molar-refractivity contribution in [3.05, 3.63) is 47.4 Å². The van der Waals surface area contributed by atoms with Gasteiger partial charge in [-0.3, -0.25) is 4.79 Å². The molecular formula is C23H32FN3O6S. The largest absolute Gasteiger partial charge is 0.481 e. The number of aliphatic carboxylic acids is 1. The predicted molar refractivity (Wildman–Crippen MR) is 129 cm³/mol. The van der Waals surface area contributed by atoms with E-state index in [-0.39, 0.29) is 25.7 Å². The van der Waals surface area contributed by atoms with Gasteiger partial charge in [-0.25, -0.2) is 27.1 Å². The van der Waals surface area contributed by atoms with Crippen molar-refractivity contribution in [1.29, 1.82) is 0 Å². The third-order valence-corrected chi connectivity index (χ3v) is 5.97. The zero-order chi connectivity index (χ0) is 24.9. The Balaban J connectivity index is 0.00000578. The second-order valence-corrected chi connectivity index (χ2v) is 9.99. The monoisotopic (exact) mass is 497 g/mol. The fraction of sp³-hybridized carbons (Fsp3) is 0.435. The molecule has 2 aromatic rings. The van der Waals surface area contributed by atoms with Gasteiger partial charge in [-0.05, 0) is 30.2 Å². The Bertz CT molecular complexity index is 1120. The second kappa shape index (κ2) is 12.0. The van der Waals surface area contributed by atoms with Crippen molar-refractivity contribution < 1.29 is 32.9 Å². The number of anilines is 1. The smallest absolute Gasteiger partial charge is 0.305 e. The van der Waals surface area contributed by atoms with E-state index in [1.807, 2.05) is 13.8 Å². The maximum absolute atomic E-state index is 13.5. The van der Waals surface area contributed by atoms with Crippen molar-refractivity contribution in [2.45, 2.75) is 52.2 Å². The van der Waals surface area contributed by atoms with Crippen LogP contribution in [0.5, 0.6) is 0 Å². The number of aliphatic hydroxyl groups excluding tert-OH is 2. The lowest BCUT2D eigenvalue weighted by atomic mass is 9.97. The molecule has 188 valence electrons. The van der Waals surface area contributed by atoms with Crippen molar-refractivity contribution in [3.63, 3.8) is 0 Å². The first-order valence-electron chi connectivity index (χ1n) is 10.2. The first-order chi connectivity index (χ1) is 15.3. The standard InChI is InChI=1S/C22H28FN3O6S.CH4/c1-13(2)20-18(10-9-16(27)11-17(28)12-19(29)30)21(14-5-7-15(23)8-6-14)25-22(24-20)26(3)33(4,31)32;/h5-10,13,16-17,27-28H,11-12H2,1-4H3,(H,29,30);1H4/b10-9+;/t16-,17-;/m1./s1. The Morgan fingerprint density at radius 3 is 2.26 bits per heavy atom. The van der Waals surface area contributed by atoms with Crippen LogP contribution in [0, 0.1) is 5.82 Å². The molecule has 11 heteroatoms. The molecule has 1 aromatic carbocycles. The van der Waals surface area contributed by atoms with Crippen LogP contribution in [-0.2, 0) is 14.8 Å². The van der Waals surface area contributed by atoms with Crippen LogP contribution in [0.3, 0.4) is 0 Å². The van der Waals surface area contributed by atoms with Gasteiger partial charge in [0.15, 0.2) is 0 Å². The molecule has 2 atom stereocenters. The van der Waals surface area contributed by atoms with E-state index in [2.05, 4.69) is 9.97 Å². The van der Waals surface area contributed by atoms with E-state index in [1.165, 1.54) is 43.5 Å². The highest BCUT2D eigenvalue weighted by Gasteiger charge is 2.22. The maximum Gasteiger partial charge on any atom is 0.305 e. The molecule has 0 aliphatic heterocycles. The average Bonchev–Trinajstić information content (AvgIpc) is 2.70. The van der Waals surface area contributed by atoms with Crippen molar-refractivity contribution in [2.24, 2.45) is 0 Å². The summed E-state index contributed by atoms with van der Waals surface area (Å²) in [5.41, 5.74) is 1.80. The number of aliphatic hydroxyl groups is 2. The van der Waals surface area contributed by atoms with Gasteiger partial charge in [0.05, 0.1) is 36.3 Å². The van der Waals surface area contributed by atoms with E-state index in [1.54, 1.807) is 0 Å². The minimum absolute atomic E-state index is 0. The molecule has 0 radical (unpaired) electrons. The van der Waals surface area contributed by atoms with Crippen molar-refractivity contribution in [3.8, 4) is 11.3 Å². The Labute approximate surface area is 199 Å². The van der Waals surface area contributed by atoms with Crippen LogP contribution in [0.15, 0.2) is 30.3 Å². The SMILES string of the molecule is C.CC(C)c1nc(N(C)S(C)(=O)=O)nc(-c2ccc(F)cc2)c1/C=C/[C@@H](O)C[C@@H](O)CC(=O)O. The maximum atomic E-state index is 13.5. The van der Waals surface area contributed by atoms with Gasteiger partial charge in [-0.2, -0.15) is 0 Å². The topological polar surface area (TPSA) is 141 Å². The molecular weight excluding hydrogens is 465 g/mol. The molecule has 0 fully saturated rings. The van der Waals surface area contributed by atoms with Gasteiger partial charge in [0.2, 0.25) is 16.0 Å². The second-order valence-electron chi connectivity index (χ2n) is 7.98. The molecule has 0 saturated carbocycles. The average molecular weight is 498 g/mol. The Morgan fingerprint density at radius 1 is 1.18 bits per heavy atom. The molecule has 9 nitrogen and oxygen atoms in total. The lowest BCUT2D eigenvalue weighted by Gasteiger charge is -2.20. The van der Waals surface area contributed by atoms with E-state index >= 15 is 0 Å². The minimum Gasteiger partial charge on any atom is -0.481 e.